The molecular weight excluding hydrogens is 206 g/mol. The van der Waals surface area contributed by atoms with Gasteiger partial charge in [-0.05, 0) is 5.92 Å². The zero-order valence-electron chi connectivity index (χ0n) is 8.67. The highest BCUT2D eigenvalue weighted by atomic mass is 35.5. The summed E-state index contributed by atoms with van der Waals surface area (Å²) in [5.74, 6) is -0.411. The Bertz CT molecular complexity index is 206. The molecule has 0 heterocycles. The number of methoxy groups -OCH3 is 1. The molecule has 0 aliphatic heterocycles. The van der Waals surface area contributed by atoms with E-state index in [1.165, 1.54) is 7.11 Å². The standard InChI is InChI=1S/C9H16ClNO3/c1-6(2)8(9(13)14-3)11-7(12)4-5-10/h6,8H,4-5H2,1-3H3,(H,11,12). The second kappa shape index (κ2) is 6.65. The molecule has 0 aliphatic rings. The Balaban J connectivity index is 4.23. The van der Waals surface area contributed by atoms with Crippen LogP contribution in [0.3, 0.4) is 0 Å². The van der Waals surface area contributed by atoms with Gasteiger partial charge in [-0.25, -0.2) is 4.79 Å². The lowest BCUT2D eigenvalue weighted by Crippen LogP contribution is -2.45. The average Bonchev–Trinajstić information content (AvgIpc) is 2.13. The maximum Gasteiger partial charge on any atom is 0.328 e. The fraction of sp³-hybridized carbons (Fsp3) is 0.778. The molecule has 1 amide bonds. The van der Waals surface area contributed by atoms with Crippen LogP contribution >= 0.6 is 11.6 Å². The zero-order valence-corrected chi connectivity index (χ0v) is 9.43. The molecule has 1 unspecified atom stereocenters. The number of halogens is 1. The first kappa shape index (κ1) is 13.2. The summed E-state index contributed by atoms with van der Waals surface area (Å²) in [5, 5.41) is 2.57. The summed E-state index contributed by atoms with van der Waals surface area (Å²) in [6.07, 6.45) is 0.210. The molecule has 0 spiro atoms. The topological polar surface area (TPSA) is 55.4 Å². The predicted octanol–water partition coefficient (Wildman–Crippen LogP) is 0.929. The molecule has 0 aliphatic carbocycles. The minimum atomic E-state index is -0.587. The highest BCUT2D eigenvalue weighted by Gasteiger charge is 2.24. The molecule has 4 nitrogen and oxygen atoms in total. The molecule has 0 saturated carbocycles. The van der Waals surface area contributed by atoms with E-state index in [4.69, 9.17) is 11.6 Å². The molecule has 1 atom stereocenters. The summed E-state index contributed by atoms with van der Waals surface area (Å²) in [7, 11) is 1.30. The number of ether oxygens (including phenoxy) is 1. The third-order valence-electron chi connectivity index (χ3n) is 1.76. The van der Waals surface area contributed by atoms with Gasteiger partial charge in [-0.15, -0.1) is 11.6 Å². The summed E-state index contributed by atoms with van der Waals surface area (Å²) in [5.41, 5.74) is 0. The molecule has 0 fully saturated rings. The molecule has 0 bridgehead atoms. The van der Waals surface area contributed by atoms with Crippen LogP contribution < -0.4 is 5.32 Å². The van der Waals surface area contributed by atoms with Crippen molar-refractivity contribution in [3.8, 4) is 0 Å². The van der Waals surface area contributed by atoms with Crippen molar-refractivity contribution in [1.82, 2.24) is 5.32 Å². The van der Waals surface area contributed by atoms with Crippen molar-refractivity contribution in [1.29, 1.82) is 0 Å². The van der Waals surface area contributed by atoms with E-state index in [0.717, 1.165) is 0 Å². The van der Waals surface area contributed by atoms with E-state index in [9.17, 15) is 9.59 Å². The van der Waals surface area contributed by atoms with Crippen LogP contribution in [0.5, 0.6) is 0 Å². The van der Waals surface area contributed by atoms with Crippen LogP contribution in [-0.2, 0) is 14.3 Å². The van der Waals surface area contributed by atoms with Gasteiger partial charge in [0.05, 0.1) is 7.11 Å². The Morgan fingerprint density at radius 1 is 1.43 bits per heavy atom. The van der Waals surface area contributed by atoms with Gasteiger partial charge in [-0.1, -0.05) is 13.8 Å². The third-order valence-corrected chi connectivity index (χ3v) is 1.95. The number of carbonyl (C=O) groups is 2. The van der Waals surface area contributed by atoms with E-state index in [-0.39, 0.29) is 24.1 Å². The largest absolute Gasteiger partial charge is 0.467 e. The first-order chi connectivity index (χ1) is 6.52. The van der Waals surface area contributed by atoms with Crippen LogP contribution in [0.4, 0.5) is 0 Å². The van der Waals surface area contributed by atoms with Gasteiger partial charge in [0.2, 0.25) is 5.91 Å². The lowest BCUT2D eigenvalue weighted by molar-refractivity contribution is -0.146. The highest BCUT2D eigenvalue weighted by Crippen LogP contribution is 2.03. The zero-order chi connectivity index (χ0) is 11.1. The third kappa shape index (κ3) is 4.46. The van der Waals surface area contributed by atoms with Crippen LogP contribution in [0.2, 0.25) is 0 Å². The van der Waals surface area contributed by atoms with E-state index in [1.807, 2.05) is 13.8 Å². The number of esters is 1. The fourth-order valence-corrected chi connectivity index (χ4v) is 1.13. The molecule has 0 saturated heterocycles. The Morgan fingerprint density at radius 2 is 2.00 bits per heavy atom. The predicted molar refractivity (Wildman–Crippen MR) is 54.1 cm³/mol. The van der Waals surface area contributed by atoms with E-state index < -0.39 is 12.0 Å². The first-order valence-electron chi connectivity index (χ1n) is 4.46. The molecule has 5 heteroatoms. The average molecular weight is 222 g/mol. The molecule has 0 rings (SSSR count). The minimum Gasteiger partial charge on any atom is -0.467 e. The smallest absolute Gasteiger partial charge is 0.328 e. The van der Waals surface area contributed by atoms with Crippen LogP contribution in [0.1, 0.15) is 20.3 Å². The van der Waals surface area contributed by atoms with Gasteiger partial charge in [-0.2, -0.15) is 0 Å². The first-order valence-corrected chi connectivity index (χ1v) is 4.99. The molecule has 0 aromatic heterocycles. The Labute approximate surface area is 88.9 Å². The quantitative estimate of drug-likeness (QED) is 0.555. The van der Waals surface area contributed by atoms with Crippen LogP contribution in [0.25, 0.3) is 0 Å². The SMILES string of the molecule is COC(=O)C(NC(=O)CCCl)C(C)C. The van der Waals surface area contributed by atoms with Crippen molar-refractivity contribution in [2.24, 2.45) is 5.92 Å². The summed E-state index contributed by atoms with van der Waals surface area (Å²) in [6.45, 7) is 3.67. The monoisotopic (exact) mass is 221 g/mol. The van der Waals surface area contributed by atoms with Gasteiger partial charge in [0, 0.05) is 12.3 Å². The van der Waals surface area contributed by atoms with Crippen LogP contribution in [0.15, 0.2) is 0 Å². The molecule has 0 aromatic carbocycles. The number of amides is 1. The number of nitrogens with one attached hydrogen (secondary N) is 1. The normalized spacial score (nSPS) is 12.4. The van der Waals surface area contributed by atoms with Crippen LogP contribution in [-0.4, -0.2) is 30.9 Å². The summed E-state index contributed by atoms with van der Waals surface area (Å²) in [6, 6.07) is -0.587. The van der Waals surface area contributed by atoms with Gasteiger partial charge in [0.15, 0.2) is 0 Å². The molecule has 82 valence electrons. The minimum absolute atomic E-state index is 0.00160. The molecule has 1 N–H and O–H groups in total. The number of hydrogen-bond acceptors (Lipinski definition) is 3. The van der Waals surface area contributed by atoms with E-state index in [1.54, 1.807) is 0 Å². The number of alkyl halides is 1. The van der Waals surface area contributed by atoms with Crippen molar-refractivity contribution in [3.63, 3.8) is 0 Å². The van der Waals surface area contributed by atoms with Gasteiger partial charge >= 0.3 is 5.97 Å². The maximum atomic E-state index is 11.2. The van der Waals surface area contributed by atoms with Crippen molar-refractivity contribution < 1.29 is 14.3 Å². The van der Waals surface area contributed by atoms with Gasteiger partial charge in [0.25, 0.3) is 0 Å². The fourth-order valence-electron chi connectivity index (χ4n) is 0.956. The number of hydrogen-bond donors (Lipinski definition) is 1. The lowest BCUT2D eigenvalue weighted by atomic mass is 10.0. The molecular formula is C9H16ClNO3. The van der Waals surface area contributed by atoms with Crippen molar-refractivity contribution in [2.75, 3.05) is 13.0 Å². The number of carbonyl (C=O) groups excluding carboxylic acids is 2. The van der Waals surface area contributed by atoms with E-state index >= 15 is 0 Å². The van der Waals surface area contributed by atoms with Gasteiger partial charge < -0.3 is 10.1 Å². The maximum absolute atomic E-state index is 11.2. The van der Waals surface area contributed by atoms with Gasteiger partial charge in [-0.3, -0.25) is 4.79 Å². The number of rotatable bonds is 5. The second-order valence-corrected chi connectivity index (χ2v) is 3.63. The summed E-state index contributed by atoms with van der Waals surface area (Å²) >= 11 is 5.40. The van der Waals surface area contributed by atoms with Crippen molar-refractivity contribution >= 4 is 23.5 Å². The van der Waals surface area contributed by atoms with Crippen molar-refractivity contribution in [3.05, 3.63) is 0 Å². The Hall–Kier alpha value is -0.770. The van der Waals surface area contributed by atoms with Crippen LogP contribution in [0, 0.1) is 5.92 Å². The lowest BCUT2D eigenvalue weighted by Gasteiger charge is -2.19. The summed E-state index contributed by atoms with van der Waals surface area (Å²) in [4.78, 5) is 22.4. The molecule has 0 aromatic rings. The van der Waals surface area contributed by atoms with Crippen molar-refractivity contribution in [2.45, 2.75) is 26.3 Å². The summed E-state index contributed by atoms with van der Waals surface area (Å²) < 4.78 is 4.57. The molecule has 14 heavy (non-hydrogen) atoms. The second-order valence-electron chi connectivity index (χ2n) is 3.25. The Kier molecular flexibility index (Phi) is 6.28. The van der Waals surface area contributed by atoms with E-state index in [2.05, 4.69) is 10.1 Å². The van der Waals surface area contributed by atoms with E-state index in [0.29, 0.717) is 0 Å². The highest BCUT2D eigenvalue weighted by molar-refractivity contribution is 6.18. The van der Waals surface area contributed by atoms with Gasteiger partial charge in [0.1, 0.15) is 6.04 Å². The Morgan fingerprint density at radius 3 is 2.36 bits per heavy atom. The molecule has 0 radical (unpaired) electrons.